The van der Waals surface area contributed by atoms with E-state index in [2.05, 4.69) is 15.9 Å². The van der Waals surface area contributed by atoms with Crippen LogP contribution in [-0.2, 0) is 11.2 Å². The highest BCUT2D eigenvalue weighted by Gasteiger charge is 2.20. The number of hydrogen-bond acceptors (Lipinski definition) is 1. The first-order chi connectivity index (χ1) is 7.82. The predicted molar refractivity (Wildman–Crippen MR) is 71.5 cm³/mol. The van der Waals surface area contributed by atoms with Gasteiger partial charge in [-0.3, -0.25) is 4.79 Å². The van der Waals surface area contributed by atoms with Crippen molar-refractivity contribution in [3.63, 3.8) is 0 Å². The largest absolute Gasteiger partial charge is 0.299 e. The van der Waals surface area contributed by atoms with E-state index in [4.69, 9.17) is 0 Å². The smallest absolute Gasteiger partial charge is 0.138 e. The maximum Gasteiger partial charge on any atom is 0.138 e. The molecule has 0 radical (unpaired) electrons. The first kappa shape index (κ1) is 14.4. The fourth-order valence-electron chi connectivity index (χ4n) is 1.56. The van der Waals surface area contributed by atoms with Crippen LogP contribution in [-0.4, -0.2) is 5.78 Å². The molecule has 0 atom stereocenters. The summed E-state index contributed by atoms with van der Waals surface area (Å²) in [5.41, 5.74) is 0.644. The van der Waals surface area contributed by atoms with Crippen molar-refractivity contribution in [3.05, 3.63) is 34.1 Å². The minimum Gasteiger partial charge on any atom is -0.299 e. The lowest BCUT2D eigenvalue weighted by Crippen LogP contribution is -2.19. The Morgan fingerprint density at radius 2 is 2.00 bits per heavy atom. The lowest BCUT2D eigenvalue weighted by Gasteiger charge is -2.16. The van der Waals surface area contributed by atoms with Crippen molar-refractivity contribution in [3.8, 4) is 0 Å². The van der Waals surface area contributed by atoms with Crippen LogP contribution < -0.4 is 0 Å². The summed E-state index contributed by atoms with van der Waals surface area (Å²) in [7, 11) is 0. The Hall–Kier alpha value is -0.700. The number of halogens is 2. The van der Waals surface area contributed by atoms with Gasteiger partial charge in [-0.25, -0.2) is 4.39 Å². The summed E-state index contributed by atoms with van der Waals surface area (Å²) in [6.07, 6.45) is 2.03. The third-order valence-electron chi connectivity index (χ3n) is 2.72. The summed E-state index contributed by atoms with van der Waals surface area (Å²) in [6.45, 7) is 5.77. The molecule has 0 fully saturated rings. The fraction of sp³-hybridized carbons (Fsp3) is 0.500. The van der Waals surface area contributed by atoms with Gasteiger partial charge in [0.25, 0.3) is 0 Å². The lowest BCUT2D eigenvalue weighted by molar-refractivity contribution is -0.126. The minimum absolute atomic E-state index is 0.246. The molecule has 0 aliphatic rings. The second-order valence-electron chi connectivity index (χ2n) is 5.24. The summed E-state index contributed by atoms with van der Waals surface area (Å²) in [5.74, 6) is 0.00896. The second kappa shape index (κ2) is 5.76. The van der Waals surface area contributed by atoms with Gasteiger partial charge in [0, 0.05) is 11.8 Å². The standard InChI is InChI=1S/C14H18BrFO/c1-14(2,3)12(17)9-5-7-10-6-4-8-11(16)13(10)15/h4,6,8H,5,7,9H2,1-3H3. The number of hydrogen-bond donors (Lipinski definition) is 0. The van der Waals surface area contributed by atoms with E-state index in [-0.39, 0.29) is 17.0 Å². The number of benzene rings is 1. The first-order valence-electron chi connectivity index (χ1n) is 5.78. The Kier molecular flexibility index (Phi) is 4.87. The first-order valence-corrected chi connectivity index (χ1v) is 6.58. The van der Waals surface area contributed by atoms with Crippen molar-refractivity contribution >= 4 is 21.7 Å². The van der Waals surface area contributed by atoms with Crippen molar-refractivity contribution < 1.29 is 9.18 Å². The van der Waals surface area contributed by atoms with Gasteiger partial charge < -0.3 is 0 Å². The second-order valence-corrected chi connectivity index (χ2v) is 6.03. The SMILES string of the molecule is CC(C)(C)C(=O)CCCc1cccc(F)c1Br. The number of aryl methyl sites for hydroxylation is 1. The van der Waals surface area contributed by atoms with Gasteiger partial charge in [-0.1, -0.05) is 32.9 Å². The van der Waals surface area contributed by atoms with Gasteiger partial charge >= 0.3 is 0 Å². The van der Waals surface area contributed by atoms with Gasteiger partial charge in [-0.15, -0.1) is 0 Å². The molecule has 0 unspecified atom stereocenters. The topological polar surface area (TPSA) is 17.1 Å². The Balaban J connectivity index is 2.52. The monoisotopic (exact) mass is 300 g/mol. The molecule has 0 aromatic heterocycles. The van der Waals surface area contributed by atoms with E-state index in [1.807, 2.05) is 26.8 Å². The molecule has 0 spiro atoms. The predicted octanol–water partition coefficient (Wildman–Crippen LogP) is 4.53. The van der Waals surface area contributed by atoms with Crippen molar-refractivity contribution in [1.82, 2.24) is 0 Å². The quantitative estimate of drug-likeness (QED) is 0.798. The van der Waals surface area contributed by atoms with Crippen molar-refractivity contribution in [2.75, 3.05) is 0 Å². The summed E-state index contributed by atoms with van der Waals surface area (Å²) in [6, 6.07) is 5.00. The van der Waals surface area contributed by atoms with Gasteiger partial charge in [0.2, 0.25) is 0 Å². The van der Waals surface area contributed by atoms with Crippen LogP contribution in [0.25, 0.3) is 0 Å². The molecule has 0 amide bonds. The van der Waals surface area contributed by atoms with E-state index < -0.39 is 0 Å². The number of Topliss-reactive ketones (excluding diaryl/α,β-unsaturated/α-hetero) is 1. The molecule has 0 N–H and O–H groups in total. The Labute approximate surface area is 111 Å². The number of carbonyl (C=O) groups excluding carboxylic acids is 1. The van der Waals surface area contributed by atoms with E-state index in [0.717, 1.165) is 18.4 Å². The Morgan fingerprint density at radius 3 is 2.59 bits per heavy atom. The number of ketones is 1. The maximum absolute atomic E-state index is 13.2. The van der Waals surface area contributed by atoms with E-state index in [1.54, 1.807) is 6.07 Å². The van der Waals surface area contributed by atoms with Crippen molar-refractivity contribution in [1.29, 1.82) is 0 Å². The van der Waals surface area contributed by atoms with E-state index >= 15 is 0 Å². The highest BCUT2D eigenvalue weighted by Crippen LogP contribution is 2.23. The summed E-state index contributed by atoms with van der Waals surface area (Å²) in [4.78, 5) is 11.7. The van der Waals surface area contributed by atoms with Crippen molar-refractivity contribution in [2.24, 2.45) is 5.41 Å². The molecule has 3 heteroatoms. The van der Waals surface area contributed by atoms with Gasteiger partial charge in [0.05, 0.1) is 4.47 Å². The van der Waals surface area contributed by atoms with Crippen LogP contribution in [0.5, 0.6) is 0 Å². The molecule has 0 saturated heterocycles. The Bertz CT molecular complexity index is 407. The molecule has 1 aromatic carbocycles. The molecule has 1 nitrogen and oxygen atoms in total. The molecule has 0 bridgehead atoms. The van der Waals surface area contributed by atoms with Crippen LogP contribution >= 0.6 is 15.9 Å². The van der Waals surface area contributed by atoms with Crippen LogP contribution in [0.15, 0.2) is 22.7 Å². The number of rotatable bonds is 4. The third kappa shape index (κ3) is 4.23. The number of carbonyl (C=O) groups is 1. The van der Waals surface area contributed by atoms with E-state index in [1.165, 1.54) is 6.07 Å². The molecule has 0 aliphatic carbocycles. The maximum atomic E-state index is 13.2. The molecule has 1 rings (SSSR count). The van der Waals surface area contributed by atoms with Crippen LogP contribution in [0.3, 0.4) is 0 Å². The summed E-state index contributed by atoms with van der Waals surface area (Å²) < 4.78 is 13.8. The molecule has 0 saturated carbocycles. The normalized spacial score (nSPS) is 11.6. The highest BCUT2D eigenvalue weighted by atomic mass is 79.9. The van der Waals surface area contributed by atoms with Gasteiger partial charge in [0.15, 0.2) is 0 Å². The minimum atomic E-state index is -0.279. The van der Waals surface area contributed by atoms with Gasteiger partial charge in [-0.05, 0) is 40.4 Å². The molecule has 94 valence electrons. The molecular formula is C14H18BrFO. The molecule has 17 heavy (non-hydrogen) atoms. The average Bonchev–Trinajstić information content (AvgIpc) is 2.22. The molecule has 0 heterocycles. The zero-order valence-electron chi connectivity index (χ0n) is 10.5. The van der Waals surface area contributed by atoms with Crippen LogP contribution in [0.4, 0.5) is 4.39 Å². The Morgan fingerprint density at radius 1 is 1.35 bits per heavy atom. The summed E-state index contributed by atoms with van der Waals surface area (Å²) >= 11 is 3.23. The van der Waals surface area contributed by atoms with Crippen LogP contribution in [0.1, 0.15) is 39.2 Å². The van der Waals surface area contributed by atoms with Gasteiger partial charge in [-0.2, -0.15) is 0 Å². The average molecular weight is 301 g/mol. The van der Waals surface area contributed by atoms with Crippen LogP contribution in [0.2, 0.25) is 0 Å². The zero-order chi connectivity index (χ0) is 13.1. The lowest BCUT2D eigenvalue weighted by atomic mass is 9.87. The fourth-order valence-corrected chi connectivity index (χ4v) is 2.02. The molecule has 0 aliphatic heterocycles. The highest BCUT2D eigenvalue weighted by molar-refractivity contribution is 9.10. The third-order valence-corrected chi connectivity index (χ3v) is 3.61. The van der Waals surface area contributed by atoms with Crippen molar-refractivity contribution in [2.45, 2.75) is 40.0 Å². The zero-order valence-corrected chi connectivity index (χ0v) is 12.1. The molecule has 1 aromatic rings. The van der Waals surface area contributed by atoms with Gasteiger partial charge in [0.1, 0.15) is 11.6 Å². The summed E-state index contributed by atoms with van der Waals surface area (Å²) in [5, 5.41) is 0. The molecular weight excluding hydrogens is 283 g/mol. The van der Waals surface area contributed by atoms with E-state index in [9.17, 15) is 9.18 Å². The van der Waals surface area contributed by atoms with E-state index in [0.29, 0.717) is 10.9 Å². The van der Waals surface area contributed by atoms with Crippen LogP contribution in [0, 0.1) is 11.2 Å².